The maximum atomic E-state index is 12.9. The van der Waals surface area contributed by atoms with Gasteiger partial charge in [0.25, 0.3) is 0 Å². The van der Waals surface area contributed by atoms with Crippen LogP contribution < -0.4 is 9.47 Å². The zero-order valence-corrected chi connectivity index (χ0v) is 16.4. The molecule has 0 aliphatic carbocycles. The van der Waals surface area contributed by atoms with E-state index >= 15 is 0 Å². The molecule has 30 heavy (non-hydrogen) atoms. The van der Waals surface area contributed by atoms with Gasteiger partial charge in [-0.15, -0.1) is 13.2 Å². The molecule has 0 aliphatic heterocycles. The van der Waals surface area contributed by atoms with Crippen molar-refractivity contribution in [3.63, 3.8) is 0 Å². The van der Waals surface area contributed by atoms with Crippen LogP contribution in [0.4, 0.5) is 13.2 Å². The van der Waals surface area contributed by atoms with Gasteiger partial charge in [-0.3, -0.25) is 4.68 Å². The number of nitrogens with zero attached hydrogens (tertiary/aromatic N) is 3. The van der Waals surface area contributed by atoms with Crippen LogP contribution in [0.5, 0.6) is 5.75 Å². The summed E-state index contributed by atoms with van der Waals surface area (Å²) in [5.74, 6) is -0.291. The Morgan fingerprint density at radius 2 is 1.83 bits per heavy atom. The average Bonchev–Trinajstić information content (AvgIpc) is 3.15. The Labute approximate surface area is 174 Å². The molecule has 0 bridgehead atoms. The number of pyridine rings is 1. The summed E-state index contributed by atoms with van der Waals surface area (Å²) >= 11 is 6.48. The number of aromatic nitrogens is 3. The van der Waals surface area contributed by atoms with Crippen LogP contribution in [-0.2, 0) is 6.54 Å². The largest absolute Gasteiger partial charge is 0.618 e. The van der Waals surface area contributed by atoms with Gasteiger partial charge in [-0.05, 0) is 30.7 Å². The van der Waals surface area contributed by atoms with Crippen LogP contribution >= 0.6 is 11.6 Å². The van der Waals surface area contributed by atoms with E-state index in [1.54, 1.807) is 42.2 Å². The smallest absolute Gasteiger partial charge is 0.573 e. The predicted molar refractivity (Wildman–Crippen MR) is 106 cm³/mol. The molecule has 0 atom stereocenters. The molecule has 9 heteroatoms. The lowest BCUT2D eigenvalue weighted by Gasteiger charge is -2.11. The Morgan fingerprint density at radius 1 is 1.13 bits per heavy atom. The van der Waals surface area contributed by atoms with Gasteiger partial charge in [0.1, 0.15) is 5.75 Å². The summed E-state index contributed by atoms with van der Waals surface area (Å²) < 4.78 is 43.1. The van der Waals surface area contributed by atoms with Crippen molar-refractivity contribution < 1.29 is 22.6 Å². The van der Waals surface area contributed by atoms with E-state index in [9.17, 15) is 18.4 Å². The topological polar surface area (TPSA) is 54.0 Å². The van der Waals surface area contributed by atoms with Gasteiger partial charge in [0.05, 0.1) is 28.7 Å². The van der Waals surface area contributed by atoms with Crippen LogP contribution in [0.15, 0.2) is 60.9 Å². The SMILES string of the molecule is Cc1c(Cl)c2ccccc2[n+]([O-])c1-c1cnn(Cc2ccc(OC(F)(F)F)cc2)c1. The molecule has 0 saturated carbocycles. The van der Waals surface area contributed by atoms with E-state index in [1.165, 1.54) is 24.3 Å². The summed E-state index contributed by atoms with van der Waals surface area (Å²) in [7, 11) is 0. The Kier molecular flexibility index (Phi) is 5.03. The number of halogens is 4. The van der Waals surface area contributed by atoms with Crippen molar-refractivity contribution in [3.05, 3.63) is 82.3 Å². The fourth-order valence-electron chi connectivity index (χ4n) is 3.30. The van der Waals surface area contributed by atoms with Gasteiger partial charge in [-0.2, -0.15) is 9.83 Å². The van der Waals surface area contributed by atoms with Gasteiger partial charge in [-0.25, -0.2) is 0 Å². The maximum absolute atomic E-state index is 12.9. The second-order valence-corrected chi connectivity index (χ2v) is 7.10. The van der Waals surface area contributed by atoms with Crippen LogP contribution in [0.3, 0.4) is 0 Å². The normalized spacial score (nSPS) is 11.8. The fraction of sp³-hybridized carbons (Fsp3) is 0.143. The molecule has 0 amide bonds. The van der Waals surface area contributed by atoms with Crippen molar-refractivity contribution in [2.75, 3.05) is 0 Å². The minimum Gasteiger partial charge on any atom is -0.618 e. The second-order valence-electron chi connectivity index (χ2n) is 6.72. The molecule has 0 saturated heterocycles. The summed E-state index contributed by atoms with van der Waals surface area (Å²) in [5.41, 5.74) is 2.81. The highest BCUT2D eigenvalue weighted by Crippen LogP contribution is 2.31. The standard InChI is InChI=1S/C21H15ClF3N3O2/c1-13-19(22)17-4-2-3-5-18(17)28(29)20(13)15-10-26-27(12-15)11-14-6-8-16(9-7-14)30-21(23,24)25/h2-10,12H,11H2,1H3. The summed E-state index contributed by atoms with van der Waals surface area (Å²) in [4.78, 5) is 0. The molecular formula is C21H15ClF3N3O2. The Bertz CT molecular complexity index is 1220. The number of benzene rings is 2. The quantitative estimate of drug-likeness (QED) is 0.326. The van der Waals surface area contributed by atoms with Crippen LogP contribution in [0.1, 0.15) is 11.1 Å². The highest BCUT2D eigenvalue weighted by Gasteiger charge is 2.31. The number of alkyl halides is 3. The lowest BCUT2D eigenvalue weighted by Crippen LogP contribution is -2.31. The molecule has 0 unspecified atom stereocenters. The minimum absolute atomic E-state index is 0.291. The molecule has 5 nitrogen and oxygen atoms in total. The van der Waals surface area contributed by atoms with Gasteiger partial charge < -0.3 is 9.94 Å². The summed E-state index contributed by atoms with van der Waals surface area (Å²) in [6.07, 6.45) is -1.48. The number of hydrogen-bond acceptors (Lipinski definition) is 3. The number of fused-ring (bicyclic) bond motifs is 1. The van der Waals surface area contributed by atoms with E-state index in [4.69, 9.17) is 11.6 Å². The van der Waals surface area contributed by atoms with Crippen molar-refractivity contribution >= 4 is 22.5 Å². The first kappa shape index (κ1) is 20.0. The molecule has 0 radical (unpaired) electrons. The van der Waals surface area contributed by atoms with Crippen LogP contribution in [0.2, 0.25) is 5.02 Å². The second kappa shape index (κ2) is 7.53. The van der Waals surface area contributed by atoms with Gasteiger partial charge in [0.2, 0.25) is 11.2 Å². The first-order valence-corrected chi connectivity index (χ1v) is 9.28. The summed E-state index contributed by atoms with van der Waals surface area (Å²) in [6.45, 7) is 2.08. The number of para-hydroxylation sites is 1. The van der Waals surface area contributed by atoms with E-state index in [0.29, 0.717) is 39.3 Å². The average molecular weight is 434 g/mol. The van der Waals surface area contributed by atoms with Gasteiger partial charge in [-0.1, -0.05) is 35.9 Å². The Balaban J connectivity index is 1.62. The zero-order chi connectivity index (χ0) is 21.5. The van der Waals surface area contributed by atoms with E-state index < -0.39 is 6.36 Å². The highest BCUT2D eigenvalue weighted by molar-refractivity contribution is 6.36. The first-order valence-electron chi connectivity index (χ1n) is 8.91. The van der Waals surface area contributed by atoms with E-state index in [1.807, 2.05) is 6.07 Å². The molecule has 0 fully saturated rings. The molecular weight excluding hydrogens is 419 g/mol. The number of rotatable bonds is 4. The lowest BCUT2D eigenvalue weighted by atomic mass is 10.1. The van der Waals surface area contributed by atoms with Crippen molar-refractivity contribution in [1.82, 2.24) is 9.78 Å². The third-order valence-corrected chi connectivity index (χ3v) is 5.14. The van der Waals surface area contributed by atoms with Gasteiger partial charge in [0, 0.05) is 17.8 Å². The molecule has 2 aromatic carbocycles. The minimum atomic E-state index is -4.73. The van der Waals surface area contributed by atoms with Crippen LogP contribution in [0.25, 0.3) is 22.2 Å². The maximum Gasteiger partial charge on any atom is 0.573 e. The number of hydrogen-bond donors (Lipinski definition) is 0. The number of ether oxygens (including phenoxy) is 1. The molecule has 154 valence electrons. The van der Waals surface area contributed by atoms with Crippen LogP contribution in [0, 0.1) is 12.1 Å². The fourth-order valence-corrected chi connectivity index (χ4v) is 3.55. The van der Waals surface area contributed by atoms with Crippen LogP contribution in [-0.4, -0.2) is 16.1 Å². The Hall–Kier alpha value is -3.26. The molecule has 2 heterocycles. The first-order chi connectivity index (χ1) is 14.2. The predicted octanol–water partition coefficient (Wildman–Crippen LogP) is 5.25. The third kappa shape index (κ3) is 3.91. The molecule has 4 rings (SSSR count). The molecule has 0 aliphatic rings. The lowest BCUT2D eigenvalue weighted by molar-refractivity contribution is -0.565. The van der Waals surface area contributed by atoms with Crippen molar-refractivity contribution in [1.29, 1.82) is 0 Å². The molecule has 0 spiro atoms. The zero-order valence-electron chi connectivity index (χ0n) is 15.7. The van der Waals surface area contributed by atoms with Gasteiger partial charge >= 0.3 is 6.36 Å². The van der Waals surface area contributed by atoms with E-state index in [2.05, 4.69) is 9.84 Å². The van der Waals surface area contributed by atoms with Crippen molar-refractivity contribution in [2.45, 2.75) is 19.8 Å². The molecule has 0 N–H and O–H groups in total. The van der Waals surface area contributed by atoms with Crippen molar-refractivity contribution in [2.24, 2.45) is 0 Å². The monoisotopic (exact) mass is 433 g/mol. The van der Waals surface area contributed by atoms with Crippen molar-refractivity contribution in [3.8, 4) is 17.0 Å². The van der Waals surface area contributed by atoms with E-state index in [0.717, 1.165) is 10.3 Å². The summed E-state index contributed by atoms with van der Waals surface area (Å²) in [6, 6.07) is 12.6. The molecule has 4 aromatic rings. The third-order valence-electron chi connectivity index (χ3n) is 4.66. The Morgan fingerprint density at radius 3 is 2.53 bits per heavy atom. The summed E-state index contributed by atoms with van der Waals surface area (Å²) in [5, 5.41) is 18.4. The highest BCUT2D eigenvalue weighted by atomic mass is 35.5. The van der Waals surface area contributed by atoms with E-state index in [-0.39, 0.29) is 5.75 Å². The molecule has 2 aromatic heterocycles. The van der Waals surface area contributed by atoms with Gasteiger partial charge in [0.15, 0.2) is 0 Å².